The van der Waals surface area contributed by atoms with E-state index in [1.54, 1.807) is 7.05 Å². The third-order valence-electron chi connectivity index (χ3n) is 4.49. The largest absolute Gasteiger partial charge is 0.379 e. The molecule has 2 rings (SSSR count). The minimum Gasteiger partial charge on any atom is -0.379 e. The highest BCUT2D eigenvalue weighted by Crippen LogP contribution is 2.15. The lowest BCUT2D eigenvalue weighted by molar-refractivity contribution is -0.114. The molecule has 0 bridgehead atoms. The van der Waals surface area contributed by atoms with Gasteiger partial charge < -0.3 is 20.7 Å². The molecule has 0 spiro atoms. The third kappa shape index (κ3) is 8.02. The molecular weight excluding hydrogens is 457 g/mol. The number of hydrogen-bond donors (Lipinski definition) is 3. The van der Waals surface area contributed by atoms with Gasteiger partial charge >= 0.3 is 0 Å². The van der Waals surface area contributed by atoms with Crippen LogP contribution in [0.5, 0.6) is 0 Å². The van der Waals surface area contributed by atoms with Gasteiger partial charge in [0.1, 0.15) is 0 Å². The van der Waals surface area contributed by atoms with E-state index in [1.165, 1.54) is 6.92 Å². The highest BCUT2D eigenvalue weighted by Gasteiger charge is 2.28. The molecule has 3 N–H and O–H groups in total. The molecular formula is C19H32IN5O2. The van der Waals surface area contributed by atoms with Gasteiger partial charge in [-0.3, -0.25) is 14.7 Å². The molecule has 0 aromatic heterocycles. The van der Waals surface area contributed by atoms with Crippen molar-refractivity contribution in [3.05, 3.63) is 29.8 Å². The number of nitrogens with zero attached hydrogens (tertiary/aromatic N) is 2. The van der Waals surface area contributed by atoms with Gasteiger partial charge in [0.2, 0.25) is 5.91 Å². The zero-order chi connectivity index (χ0) is 19.0. The molecule has 7 nitrogen and oxygen atoms in total. The van der Waals surface area contributed by atoms with Crippen LogP contribution in [0.3, 0.4) is 0 Å². The number of carbonyl (C=O) groups is 1. The lowest BCUT2D eigenvalue weighted by Crippen LogP contribution is -2.56. The Balaban J connectivity index is 0.00000364. The van der Waals surface area contributed by atoms with Crippen LogP contribution in [-0.4, -0.2) is 62.2 Å². The number of anilines is 1. The van der Waals surface area contributed by atoms with Crippen LogP contribution in [0.4, 0.5) is 5.69 Å². The number of nitrogens with one attached hydrogen (secondary N) is 3. The first-order chi connectivity index (χ1) is 12.4. The van der Waals surface area contributed by atoms with Crippen LogP contribution >= 0.6 is 24.0 Å². The second kappa shape index (κ2) is 11.5. The van der Waals surface area contributed by atoms with Crippen molar-refractivity contribution >= 4 is 41.5 Å². The Bertz CT molecular complexity index is 630. The zero-order valence-corrected chi connectivity index (χ0v) is 19.0. The topological polar surface area (TPSA) is 78.0 Å². The van der Waals surface area contributed by atoms with Crippen molar-refractivity contribution in [3.8, 4) is 0 Å². The van der Waals surface area contributed by atoms with Crippen LogP contribution in [0.25, 0.3) is 0 Å². The molecule has 152 valence electrons. The third-order valence-corrected chi connectivity index (χ3v) is 4.49. The monoisotopic (exact) mass is 489 g/mol. The van der Waals surface area contributed by atoms with Gasteiger partial charge in [-0.1, -0.05) is 12.1 Å². The van der Waals surface area contributed by atoms with Crippen molar-refractivity contribution in [2.75, 3.05) is 45.2 Å². The van der Waals surface area contributed by atoms with E-state index in [-0.39, 0.29) is 35.4 Å². The highest BCUT2D eigenvalue weighted by molar-refractivity contribution is 14.0. The smallest absolute Gasteiger partial charge is 0.221 e. The highest BCUT2D eigenvalue weighted by atomic mass is 127. The van der Waals surface area contributed by atoms with Gasteiger partial charge in [0.05, 0.1) is 13.2 Å². The number of guanidine groups is 1. The zero-order valence-electron chi connectivity index (χ0n) is 16.7. The van der Waals surface area contributed by atoms with Gasteiger partial charge in [-0.15, -0.1) is 24.0 Å². The fourth-order valence-corrected chi connectivity index (χ4v) is 2.95. The van der Waals surface area contributed by atoms with E-state index in [4.69, 9.17) is 4.74 Å². The molecule has 0 saturated carbocycles. The average molecular weight is 489 g/mol. The fraction of sp³-hybridized carbons (Fsp3) is 0.579. The quantitative estimate of drug-likeness (QED) is 0.324. The molecule has 1 fully saturated rings. The van der Waals surface area contributed by atoms with Crippen LogP contribution in [-0.2, 0) is 16.1 Å². The predicted octanol–water partition coefficient (Wildman–Crippen LogP) is 2.04. The van der Waals surface area contributed by atoms with Gasteiger partial charge in [-0.05, 0) is 31.5 Å². The lowest BCUT2D eigenvalue weighted by Gasteiger charge is -2.41. The van der Waals surface area contributed by atoms with Gasteiger partial charge in [0, 0.05) is 51.4 Å². The Kier molecular flexibility index (Phi) is 10.0. The van der Waals surface area contributed by atoms with Gasteiger partial charge in [0.25, 0.3) is 0 Å². The lowest BCUT2D eigenvalue weighted by atomic mass is 10.0. The summed E-state index contributed by atoms with van der Waals surface area (Å²) >= 11 is 0. The van der Waals surface area contributed by atoms with Crippen molar-refractivity contribution in [2.45, 2.75) is 32.9 Å². The summed E-state index contributed by atoms with van der Waals surface area (Å²) in [7, 11) is 1.77. The van der Waals surface area contributed by atoms with Crippen LogP contribution in [0.2, 0.25) is 0 Å². The van der Waals surface area contributed by atoms with E-state index in [0.29, 0.717) is 6.54 Å². The summed E-state index contributed by atoms with van der Waals surface area (Å²) in [5.41, 5.74) is 1.90. The summed E-state index contributed by atoms with van der Waals surface area (Å²) in [6.45, 7) is 10.9. The number of hydrogen-bond acceptors (Lipinski definition) is 4. The summed E-state index contributed by atoms with van der Waals surface area (Å²) in [6.07, 6.45) is 0. The first-order valence-electron chi connectivity index (χ1n) is 9.04. The number of rotatable bonds is 6. The van der Waals surface area contributed by atoms with E-state index >= 15 is 0 Å². The molecule has 0 radical (unpaired) electrons. The molecule has 1 aromatic rings. The first kappa shape index (κ1) is 23.6. The fourth-order valence-electron chi connectivity index (χ4n) is 2.95. The predicted molar refractivity (Wildman–Crippen MR) is 121 cm³/mol. The maximum Gasteiger partial charge on any atom is 0.221 e. The Hall–Kier alpha value is -1.39. The van der Waals surface area contributed by atoms with Crippen LogP contribution in [0.1, 0.15) is 26.3 Å². The SMILES string of the molecule is CN=C(NCc1cccc(NC(C)=O)c1)NCC(C)(C)N1CCOCC1.I. The number of benzene rings is 1. The maximum absolute atomic E-state index is 11.2. The normalized spacial score (nSPS) is 15.6. The Morgan fingerprint density at radius 2 is 1.96 bits per heavy atom. The number of ether oxygens (including phenoxy) is 1. The van der Waals surface area contributed by atoms with Crippen LogP contribution in [0, 0.1) is 0 Å². The van der Waals surface area contributed by atoms with E-state index in [0.717, 1.165) is 50.1 Å². The molecule has 1 heterocycles. The van der Waals surface area contributed by atoms with E-state index in [1.807, 2.05) is 24.3 Å². The minimum absolute atomic E-state index is 0. The number of halogens is 1. The summed E-state index contributed by atoms with van der Waals surface area (Å²) in [5, 5.41) is 9.54. The van der Waals surface area contributed by atoms with Gasteiger partial charge in [0.15, 0.2) is 5.96 Å². The molecule has 8 heteroatoms. The molecule has 1 aromatic carbocycles. The molecule has 0 atom stereocenters. The van der Waals surface area contributed by atoms with Crippen molar-refractivity contribution in [2.24, 2.45) is 4.99 Å². The first-order valence-corrected chi connectivity index (χ1v) is 9.04. The van der Waals surface area contributed by atoms with E-state index in [9.17, 15) is 4.79 Å². The number of amides is 1. The standard InChI is InChI=1S/C19H31N5O2.HI/c1-15(25)23-17-7-5-6-16(12-17)13-21-18(20-4)22-14-19(2,3)24-8-10-26-11-9-24;/h5-7,12H,8-11,13-14H2,1-4H3,(H,23,25)(H2,20,21,22);1H. The maximum atomic E-state index is 11.2. The number of aliphatic imine (C=N–C) groups is 1. The van der Waals surface area contributed by atoms with Crippen LogP contribution < -0.4 is 16.0 Å². The van der Waals surface area contributed by atoms with Crippen molar-refractivity contribution in [1.82, 2.24) is 15.5 Å². The Labute approximate surface area is 179 Å². The Morgan fingerprint density at radius 1 is 1.26 bits per heavy atom. The Morgan fingerprint density at radius 3 is 2.59 bits per heavy atom. The molecule has 0 aliphatic carbocycles. The molecule has 0 unspecified atom stereocenters. The van der Waals surface area contributed by atoms with Gasteiger partial charge in [-0.25, -0.2) is 0 Å². The summed E-state index contributed by atoms with van der Waals surface area (Å²) < 4.78 is 5.44. The van der Waals surface area contributed by atoms with E-state index < -0.39 is 0 Å². The number of morpholine rings is 1. The van der Waals surface area contributed by atoms with Crippen molar-refractivity contribution in [1.29, 1.82) is 0 Å². The second-order valence-electron chi connectivity index (χ2n) is 7.07. The summed E-state index contributed by atoms with van der Waals surface area (Å²) in [6, 6.07) is 7.78. The molecule has 27 heavy (non-hydrogen) atoms. The second-order valence-corrected chi connectivity index (χ2v) is 7.07. The molecule has 1 aliphatic rings. The minimum atomic E-state index is -0.0714. The number of carbonyl (C=O) groups excluding carboxylic acids is 1. The average Bonchev–Trinajstić information content (AvgIpc) is 2.62. The molecule has 1 saturated heterocycles. The van der Waals surface area contributed by atoms with Crippen LogP contribution in [0.15, 0.2) is 29.3 Å². The van der Waals surface area contributed by atoms with E-state index in [2.05, 4.69) is 39.7 Å². The van der Waals surface area contributed by atoms with Gasteiger partial charge in [-0.2, -0.15) is 0 Å². The summed E-state index contributed by atoms with van der Waals surface area (Å²) in [4.78, 5) is 17.9. The van der Waals surface area contributed by atoms with Crippen molar-refractivity contribution in [3.63, 3.8) is 0 Å². The van der Waals surface area contributed by atoms with Crippen molar-refractivity contribution < 1.29 is 9.53 Å². The molecule has 1 amide bonds. The summed E-state index contributed by atoms with van der Waals surface area (Å²) in [5.74, 6) is 0.689. The molecule has 1 aliphatic heterocycles.